The number of amides is 2. The van der Waals surface area contributed by atoms with Gasteiger partial charge in [0.15, 0.2) is 0 Å². The van der Waals surface area contributed by atoms with Crippen LogP contribution in [0, 0.1) is 0 Å². The van der Waals surface area contributed by atoms with Crippen LogP contribution < -0.4 is 10.6 Å². The highest BCUT2D eigenvalue weighted by Gasteiger charge is 2.38. The Morgan fingerprint density at radius 1 is 1.38 bits per heavy atom. The molecule has 4 nitrogen and oxygen atoms in total. The summed E-state index contributed by atoms with van der Waals surface area (Å²) in [6.07, 6.45) is 0.303. The van der Waals surface area contributed by atoms with Gasteiger partial charge in [-0.1, -0.05) is 30.3 Å². The van der Waals surface area contributed by atoms with Gasteiger partial charge in [0.1, 0.15) is 6.04 Å². The zero-order chi connectivity index (χ0) is 11.5. The maximum absolute atomic E-state index is 11.6. The van der Waals surface area contributed by atoms with Gasteiger partial charge in [-0.25, -0.2) is 5.32 Å². The molecule has 1 N–H and O–H groups in total. The van der Waals surface area contributed by atoms with E-state index in [1.165, 1.54) is 0 Å². The maximum Gasteiger partial charge on any atom is 0.266 e. The smallest absolute Gasteiger partial charge is 0.266 e. The van der Waals surface area contributed by atoms with Gasteiger partial charge in [0, 0.05) is 0 Å². The number of hydrogen-bond donors (Lipinski definition) is 1. The quantitative estimate of drug-likeness (QED) is 0.738. The van der Waals surface area contributed by atoms with E-state index in [0.717, 1.165) is 5.56 Å². The molecule has 16 heavy (non-hydrogen) atoms. The number of nitrogens with zero attached hydrogens (tertiary/aromatic N) is 1. The molecule has 2 atom stereocenters. The van der Waals surface area contributed by atoms with E-state index in [1.807, 2.05) is 37.3 Å². The van der Waals surface area contributed by atoms with E-state index in [1.54, 1.807) is 0 Å². The van der Waals surface area contributed by atoms with Crippen LogP contribution in [0.5, 0.6) is 0 Å². The van der Waals surface area contributed by atoms with Crippen molar-refractivity contribution in [1.82, 2.24) is 10.6 Å². The monoisotopic (exact) mass is 217 g/mol. The SMILES string of the molecule is C[C@@H]1[N]C(=O)[C@H]1NC(=O)Cc1ccccc1. The fraction of sp³-hybridized carbons (Fsp3) is 0.333. The van der Waals surface area contributed by atoms with Crippen LogP contribution in [0.2, 0.25) is 0 Å². The Bertz CT molecular complexity index is 403. The van der Waals surface area contributed by atoms with Crippen LogP contribution in [0.4, 0.5) is 0 Å². The number of nitrogens with one attached hydrogen (secondary N) is 1. The molecule has 1 aromatic carbocycles. The van der Waals surface area contributed by atoms with Gasteiger partial charge in [-0.3, -0.25) is 9.59 Å². The van der Waals surface area contributed by atoms with Gasteiger partial charge in [-0.2, -0.15) is 0 Å². The summed E-state index contributed by atoms with van der Waals surface area (Å²) in [5, 5.41) is 6.39. The van der Waals surface area contributed by atoms with Crippen LogP contribution in [-0.2, 0) is 16.0 Å². The molecule has 2 amide bonds. The molecule has 1 aliphatic heterocycles. The van der Waals surface area contributed by atoms with Crippen LogP contribution in [0.15, 0.2) is 30.3 Å². The Balaban J connectivity index is 1.87. The van der Waals surface area contributed by atoms with Crippen molar-refractivity contribution in [3.05, 3.63) is 35.9 Å². The molecule has 1 aromatic rings. The van der Waals surface area contributed by atoms with Gasteiger partial charge in [-0.05, 0) is 12.5 Å². The lowest BCUT2D eigenvalue weighted by Gasteiger charge is -2.31. The standard InChI is InChI=1S/C12H13N2O2/c1-8-11(12(16)13-8)14-10(15)7-9-5-3-2-4-6-9/h2-6,8,11H,7H2,1H3,(H,14,15)/t8-,11-/m0/s1. The van der Waals surface area contributed by atoms with Crippen LogP contribution >= 0.6 is 0 Å². The van der Waals surface area contributed by atoms with Crippen molar-refractivity contribution in [3.63, 3.8) is 0 Å². The predicted octanol–water partition coefficient (Wildman–Crippen LogP) is 0.247. The highest BCUT2D eigenvalue weighted by atomic mass is 16.2. The third-order valence-electron chi connectivity index (χ3n) is 2.60. The molecule has 2 rings (SSSR count). The fourth-order valence-corrected chi connectivity index (χ4v) is 1.67. The summed E-state index contributed by atoms with van der Waals surface area (Å²) in [5.74, 6) is -0.361. The van der Waals surface area contributed by atoms with E-state index >= 15 is 0 Å². The average Bonchev–Trinajstić information content (AvgIpc) is 2.28. The van der Waals surface area contributed by atoms with E-state index in [4.69, 9.17) is 0 Å². The van der Waals surface area contributed by atoms with E-state index in [-0.39, 0.29) is 17.9 Å². The lowest BCUT2D eigenvalue weighted by Crippen LogP contribution is -2.64. The van der Waals surface area contributed by atoms with E-state index in [2.05, 4.69) is 10.6 Å². The van der Waals surface area contributed by atoms with E-state index < -0.39 is 6.04 Å². The Morgan fingerprint density at radius 3 is 2.62 bits per heavy atom. The molecular weight excluding hydrogens is 204 g/mol. The van der Waals surface area contributed by atoms with Crippen LogP contribution in [0.25, 0.3) is 0 Å². The molecule has 83 valence electrons. The summed E-state index contributed by atoms with van der Waals surface area (Å²) in [6.45, 7) is 1.81. The topological polar surface area (TPSA) is 60.3 Å². The fourth-order valence-electron chi connectivity index (χ4n) is 1.67. The molecular formula is C12H13N2O2. The Kier molecular flexibility index (Phi) is 2.90. The molecule has 1 saturated heterocycles. The van der Waals surface area contributed by atoms with Crippen molar-refractivity contribution < 1.29 is 9.59 Å². The minimum absolute atomic E-state index is 0.0905. The first-order chi connectivity index (χ1) is 7.66. The number of carbonyl (C=O) groups excluding carboxylic acids is 2. The molecule has 0 saturated carbocycles. The van der Waals surface area contributed by atoms with Gasteiger partial charge < -0.3 is 5.32 Å². The minimum Gasteiger partial charge on any atom is -0.342 e. The van der Waals surface area contributed by atoms with Crippen LogP contribution in [-0.4, -0.2) is 23.9 Å². The number of rotatable bonds is 3. The van der Waals surface area contributed by atoms with Crippen molar-refractivity contribution in [2.24, 2.45) is 0 Å². The molecule has 0 unspecified atom stereocenters. The Morgan fingerprint density at radius 2 is 2.06 bits per heavy atom. The van der Waals surface area contributed by atoms with Crippen molar-refractivity contribution in [1.29, 1.82) is 0 Å². The summed E-state index contributed by atoms with van der Waals surface area (Å²) in [7, 11) is 0. The summed E-state index contributed by atoms with van der Waals surface area (Å²) in [4.78, 5) is 22.6. The highest BCUT2D eigenvalue weighted by molar-refractivity contribution is 5.93. The largest absolute Gasteiger partial charge is 0.342 e. The molecule has 4 heteroatoms. The second-order valence-electron chi connectivity index (χ2n) is 3.92. The summed E-state index contributed by atoms with van der Waals surface area (Å²) in [5.41, 5.74) is 0.941. The lowest BCUT2D eigenvalue weighted by molar-refractivity contribution is -0.136. The first kappa shape index (κ1) is 10.7. The molecule has 0 aromatic heterocycles. The van der Waals surface area contributed by atoms with Crippen molar-refractivity contribution >= 4 is 11.8 Å². The Labute approximate surface area is 94.0 Å². The summed E-state index contributed by atoms with van der Waals surface area (Å²) < 4.78 is 0. The molecule has 1 aliphatic rings. The molecule has 0 aliphatic carbocycles. The molecule has 1 heterocycles. The number of β-lactam (4-membered cyclic amide) rings is 1. The van der Waals surface area contributed by atoms with Crippen molar-refractivity contribution in [2.75, 3.05) is 0 Å². The van der Waals surface area contributed by atoms with Crippen molar-refractivity contribution in [3.8, 4) is 0 Å². The third-order valence-corrected chi connectivity index (χ3v) is 2.60. The van der Waals surface area contributed by atoms with E-state index in [0.29, 0.717) is 6.42 Å². The molecule has 1 radical (unpaired) electrons. The van der Waals surface area contributed by atoms with Crippen LogP contribution in [0.3, 0.4) is 0 Å². The third kappa shape index (κ3) is 2.21. The molecule has 0 bridgehead atoms. The average molecular weight is 217 g/mol. The zero-order valence-corrected chi connectivity index (χ0v) is 9.01. The lowest BCUT2D eigenvalue weighted by atomic mass is 10.0. The van der Waals surface area contributed by atoms with Gasteiger partial charge in [-0.15, -0.1) is 0 Å². The number of hydrogen-bond acceptors (Lipinski definition) is 2. The highest BCUT2D eigenvalue weighted by Crippen LogP contribution is 2.08. The second-order valence-corrected chi connectivity index (χ2v) is 3.92. The minimum atomic E-state index is -0.420. The molecule has 1 fully saturated rings. The summed E-state index contributed by atoms with van der Waals surface area (Å²) >= 11 is 0. The van der Waals surface area contributed by atoms with Gasteiger partial charge in [0.05, 0.1) is 12.5 Å². The van der Waals surface area contributed by atoms with Gasteiger partial charge in [0.25, 0.3) is 5.91 Å². The number of carbonyl (C=O) groups is 2. The summed E-state index contributed by atoms with van der Waals surface area (Å²) in [6, 6.07) is 8.93. The van der Waals surface area contributed by atoms with Gasteiger partial charge in [0.2, 0.25) is 5.91 Å². The Hall–Kier alpha value is -1.84. The maximum atomic E-state index is 11.6. The van der Waals surface area contributed by atoms with Crippen LogP contribution in [0.1, 0.15) is 12.5 Å². The van der Waals surface area contributed by atoms with E-state index in [9.17, 15) is 9.59 Å². The zero-order valence-electron chi connectivity index (χ0n) is 9.01. The first-order valence-electron chi connectivity index (χ1n) is 5.25. The number of benzene rings is 1. The van der Waals surface area contributed by atoms with Gasteiger partial charge >= 0.3 is 0 Å². The second kappa shape index (κ2) is 4.35. The molecule has 0 spiro atoms. The van der Waals surface area contributed by atoms with Crippen molar-refractivity contribution in [2.45, 2.75) is 25.4 Å². The first-order valence-corrected chi connectivity index (χ1v) is 5.25. The predicted molar refractivity (Wildman–Crippen MR) is 58.7 cm³/mol. The normalized spacial score (nSPS) is 23.2.